The van der Waals surface area contributed by atoms with Crippen LogP contribution in [-0.2, 0) is 4.79 Å². The van der Waals surface area contributed by atoms with Crippen LogP contribution in [0.15, 0.2) is 4.52 Å². The van der Waals surface area contributed by atoms with E-state index in [1.807, 2.05) is 6.92 Å². The zero-order valence-corrected chi connectivity index (χ0v) is 9.20. The Bertz CT molecular complexity index is 324. The molecule has 0 aromatic carbocycles. The number of carbonyl (C=O) groups is 1. The number of amides is 1. The van der Waals surface area contributed by atoms with Crippen LogP contribution in [0.5, 0.6) is 0 Å². The van der Waals surface area contributed by atoms with Crippen molar-refractivity contribution in [1.29, 1.82) is 0 Å². The molecule has 1 rings (SSSR count). The van der Waals surface area contributed by atoms with Gasteiger partial charge in [0.1, 0.15) is 6.04 Å². The molecule has 15 heavy (non-hydrogen) atoms. The molecule has 1 amide bonds. The predicted octanol–water partition coefficient (Wildman–Crippen LogP) is 0.705. The second kappa shape index (κ2) is 5.33. The third-order valence-electron chi connectivity index (χ3n) is 1.81. The maximum Gasteiger partial charge on any atom is 0.322 e. The molecule has 0 fully saturated rings. The minimum Gasteiger partial charge on any atom is -0.354 e. The first-order valence-corrected chi connectivity index (χ1v) is 4.98. The molecule has 0 radical (unpaired) electrons. The highest BCUT2D eigenvalue weighted by Gasteiger charge is 2.14. The van der Waals surface area contributed by atoms with E-state index in [-0.39, 0.29) is 18.0 Å². The minimum absolute atomic E-state index is 0.0762. The van der Waals surface area contributed by atoms with Crippen molar-refractivity contribution in [2.75, 3.05) is 11.9 Å². The fourth-order valence-electron chi connectivity index (χ4n) is 1.01. The van der Waals surface area contributed by atoms with Crippen LogP contribution < -0.4 is 10.6 Å². The zero-order valence-electron chi connectivity index (χ0n) is 9.20. The van der Waals surface area contributed by atoms with E-state index >= 15 is 0 Å². The Morgan fingerprint density at radius 2 is 2.33 bits per heavy atom. The van der Waals surface area contributed by atoms with Gasteiger partial charge in [-0.05, 0) is 20.3 Å². The van der Waals surface area contributed by atoms with Gasteiger partial charge in [-0.2, -0.15) is 4.98 Å². The Hall–Kier alpha value is -1.59. The molecule has 6 nitrogen and oxygen atoms in total. The van der Waals surface area contributed by atoms with Crippen molar-refractivity contribution in [2.24, 2.45) is 0 Å². The number of nitrogens with zero attached hydrogens (tertiary/aromatic N) is 2. The Kier molecular flexibility index (Phi) is 4.08. The van der Waals surface area contributed by atoms with E-state index in [1.165, 1.54) is 0 Å². The van der Waals surface area contributed by atoms with Crippen molar-refractivity contribution in [1.82, 2.24) is 15.5 Å². The molecule has 1 unspecified atom stereocenters. The highest BCUT2D eigenvalue weighted by Crippen LogP contribution is 2.03. The van der Waals surface area contributed by atoms with Gasteiger partial charge in [0.15, 0.2) is 5.82 Å². The number of aromatic nitrogens is 2. The van der Waals surface area contributed by atoms with Gasteiger partial charge in [0, 0.05) is 6.54 Å². The van der Waals surface area contributed by atoms with E-state index in [1.54, 1.807) is 13.8 Å². The van der Waals surface area contributed by atoms with E-state index in [0.717, 1.165) is 6.42 Å². The standard InChI is InChI=1S/C9H16N4O2/c1-4-5-10-8(14)6(2)11-9-12-7(3)13-15-9/h6H,4-5H2,1-3H3,(H,10,14)(H,11,12,13). The molecule has 0 aliphatic carbocycles. The largest absolute Gasteiger partial charge is 0.354 e. The first-order chi connectivity index (χ1) is 7.13. The van der Waals surface area contributed by atoms with Gasteiger partial charge >= 0.3 is 6.01 Å². The lowest BCUT2D eigenvalue weighted by atomic mass is 10.3. The van der Waals surface area contributed by atoms with E-state index in [9.17, 15) is 4.79 Å². The normalized spacial score (nSPS) is 12.2. The highest BCUT2D eigenvalue weighted by molar-refractivity contribution is 5.83. The molecule has 2 N–H and O–H groups in total. The molecular weight excluding hydrogens is 196 g/mol. The molecule has 1 heterocycles. The third-order valence-corrected chi connectivity index (χ3v) is 1.81. The number of hydrogen-bond donors (Lipinski definition) is 2. The first-order valence-electron chi connectivity index (χ1n) is 4.98. The van der Waals surface area contributed by atoms with Crippen molar-refractivity contribution in [3.05, 3.63) is 5.82 Å². The summed E-state index contributed by atoms with van der Waals surface area (Å²) in [6, 6.07) is -0.108. The van der Waals surface area contributed by atoms with Gasteiger partial charge in [0.05, 0.1) is 0 Å². The van der Waals surface area contributed by atoms with Crippen LogP contribution in [-0.4, -0.2) is 28.6 Å². The third kappa shape index (κ3) is 3.57. The van der Waals surface area contributed by atoms with Crippen LogP contribution >= 0.6 is 0 Å². The summed E-state index contributed by atoms with van der Waals surface area (Å²) in [5.74, 6) is 0.464. The van der Waals surface area contributed by atoms with Crippen molar-refractivity contribution < 1.29 is 9.32 Å². The SMILES string of the molecule is CCCNC(=O)C(C)Nc1nc(C)no1. The van der Waals surface area contributed by atoms with Gasteiger partial charge in [-0.25, -0.2) is 0 Å². The van der Waals surface area contributed by atoms with Gasteiger partial charge in [0.25, 0.3) is 0 Å². The number of aryl methyl sites for hydroxylation is 1. The molecule has 0 bridgehead atoms. The van der Waals surface area contributed by atoms with Crippen molar-refractivity contribution >= 4 is 11.9 Å². The summed E-state index contributed by atoms with van der Waals surface area (Å²) in [5.41, 5.74) is 0. The molecule has 0 saturated carbocycles. The fraction of sp³-hybridized carbons (Fsp3) is 0.667. The number of nitrogens with one attached hydrogen (secondary N) is 2. The lowest BCUT2D eigenvalue weighted by Crippen LogP contribution is -2.37. The number of rotatable bonds is 5. The van der Waals surface area contributed by atoms with Crippen LogP contribution in [0.3, 0.4) is 0 Å². The Morgan fingerprint density at radius 1 is 1.60 bits per heavy atom. The summed E-state index contributed by atoms with van der Waals surface area (Å²) in [6.07, 6.45) is 0.915. The van der Waals surface area contributed by atoms with Crippen LogP contribution in [0.4, 0.5) is 6.01 Å². The summed E-state index contributed by atoms with van der Waals surface area (Å²) in [4.78, 5) is 15.4. The number of anilines is 1. The number of hydrogen-bond acceptors (Lipinski definition) is 5. The van der Waals surface area contributed by atoms with Gasteiger partial charge in [0.2, 0.25) is 5.91 Å². The van der Waals surface area contributed by atoms with E-state index in [4.69, 9.17) is 4.52 Å². The van der Waals surface area contributed by atoms with Gasteiger partial charge < -0.3 is 15.2 Å². The van der Waals surface area contributed by atoms with E-state index in [0.29, 0.717) is 12.4 Å². The minimum atomic E-state index is -0.378. The lowest BCUT2D eigenvalue weighted by Gasteiger charge is -2.11. The van der Waals surface area contributed by atoms with Crippen LogP contribution in [0, 0.1) is 6.92 Å². The first kappa shape index (κ1) is 11.5. The summed E-state index contributed by atoms with van der Waals surface area (Å²) in [6.45, 7) is 6.13. The summed E-state index contributed by atoms with van der Waals surface area (Å²) in [7, 11) is 0. The Balaban J connectivity index is 2.41. The molecule has 6 heteroatoms. The maximum atomic E-state index is 11.4. The fourth-order valence-corrected chi connectivity index (χ4v) is 1.01. The molecule has 1 aromatic rings. The Morgan fingerprint density at radius 3 is 2.87 bits per heavy atom. The molecule has 0 aliphatic rings. The Labute approximate surface area is 88.4 Å². The monoisotopic (exact) mass is 212 g/mol. The van der Waals surface area contributed by atoms with Crippen molar-refractivity contribution in [2.45, 2.75) is 33.2 Å². The van der Waals surface area contributed by atoms with Crippen LogP contribution in [0.2, 0.25) is 0 Å². The van der Waals surface area contributed by atoms with Crippen molar-refractivity contribution in [3.63, 3.8) is 0 Å². The van der Waals surface area contributed by atoms with Crippen molar-refractivity contribution in [3.8, 4) is 0 Å². The van der Waals surface area contributed by atoms with Gasteiger partial charge in [-0.1, -0.05) is 12.1 Å². The average molecular weight is 212 g/mol. The van der Waals surface area contributed by atoms with Gasteiger partial charge in [-0.3, -0.25) is 4.79 Å². The molecule has 0 saturated heterocycles. The predicted molar refractivity (Wildman–Crippen MR) is 55.4 cm³/mol. The van der Waals surface area contributed by atoms with Crippen LogP contribution in [0.25, 0.3) is 0 Å². The zero-order chi connectivity index (χ0) is 11.3. The molecule has 1 atom stereocenters. The lowest BCUT2D eigenvalue weighted by molar-refractivity contribution is -0.121. The van der Waals surface area contributed by atoms with Gasteiger partial charge in [-0.15, -0.1) is 0 Å². The highest BCUT2D eigenvalue weighted by atomic mass is 16.5. The van der Waals surface area contributed by atoms with Crippen LogP contribution in [0.1, 0.15) is 26.1 Å². The molecular formula is C9H16N4O2. The number of carbonyl (C=O) groups excluding carboxylic acids is 1. The second-order valence-corrected chi connectivity index (χ2v) is 3.30. The quantitative estimate of drug-likeness (QED) is 0.751. The van der Waals surface area contributed by atoms with E-state index < -0.39 is 0 Å². The molecule has 84 valence electrons. The van der Waals surface area contributed by atoms with E-state index in [2.05, 4.69) is 20.8 Å². The molecule has 1 aromatic heterocycles. The average Bonchev–Trinajstić information content (AvgIpc) is 2.60. The summed E-state index contributed by atoms with van der Waals surface area (Å²) < 4.78 is 4.84. The summed E-state index contributed by atoms with van der Waals surface area (Å²) >= 11 is 0. The topological polar surface area (TPSA) is 80.0 Å². The molecule has 0 aliphatic heterocycles. The summed E-state index contributed by atoms with van der Waals surface area (Å²) in [5, 5.41) is 9.20. The second-order valence-electron chi connectivity index (χ2n) is 3.30. The smallest absolute Gasteiger partial charge is 0.322 e. The molecule has 0 spiro atoms. The maximum absolute atomic E-state index is 11.4.